The number of fused-ring (bicyclic) bond motifs is 2. The Morgan fingerprint density at radius 3 is 2.59 bits per heavy atom. The third kappa shape index (κ3) is 3.92. The van der Waals surface area contributed by atoms with E-state index in [1.54, 1.807) is 18.3 Å². The molecule has 2 amide bonds. The summed E-state index contributed by atoms with van der Waals surface area (Å²) in [5, 5.41) is 5.85. The van der Waals surface area contributed by atoms with Crippen LogP contribution in [0, 0.1) is 0 Å². The molecule has 1 aliphatic carbocycles. The molecule has 2 aromatic heterocycles. The monoisotopic (exact) mass is 494 g/mol. The largest absolute Gasteiger partial charge is 0.335 e. The van der Waals surface area contributed by atoms with Crippen LogP contribution in [-0.4, -0.2) is 37.3 Å². The molecule has 1 unspecified atom stereocenters. The summed E-state index contributed by atoms with van der Waals surface area (Å²) >= 11 is 0. The molecule has 0 saturated heterocycles. The Balaban J connectivity index is 1.24. The van der Waals surface area contributed by atoms with Gasteiger partial charge in [0, 0.05) is 31.1 Å². The number of hydrogen-bond acceptors (Lipinski definition) is 5. The van der Waals surface area contributed by atoms with Crippen molar-refractivity contribution < 1.29 is 9.59 Å². The highest BCUT2D eigenvalue weighted by atomic mass is 16.2. The van der Waals surface area contributed by atoms with Crippen LogP contribution in [0.3, 0.4) is 0 Å². The molecule has 186 valence electrons. The van der Waals surface area contributed by atoms with E-state index in [0.29, 0.717) is 35.4 Å². The first-order valence-corrected chi connectivity index (χ1v) is 12.4. The van der Waals surface area contributed by atoms with Gasteiger partial charge < -0.3 is 10.6 Å². The number of anilines is 1. The Hall–Kier alpha value is -4.53. The summed E-state index contributed by atoms with van der Waals surface area (Å²) in [4.78, 5) is 48.2. The molecule has 9 heteroatoms. The van der Waals surface area contributed by atoms with Gasteiger partial charge in [-0.1, -0.05) is 31.2 Å². The number of amidine groups is 1. The van der Waals surface area contributed by atoms with E-state index in [1.165, 1.54) is 9.13 Å². The number of para-hydroxylation sites is 2. The van der Waals surface area contributed by atoms with Gasteiger partial charge in [-0.05, 0) is 53.9 Å². The van der Waals surface area contributed by atoms with Gasteiger partial charge in [-0.15, -0.1) is 0 Å². The molecule has 1 spiro atoms. The van der Waals surface area contributed by atoms with Crippen LogP contribution in [0.25, 0.3) is 16.9 Å². The fourth-order valence-corrected chi connectivity index (χ4v) is 5.33. The number of nitrogens with one attached hydrogen (secondary N) is 2. The first-order valence-electron chi connectivity index (χ1n) is 12.4. The van der Waals surface area contributed by atoms with Crippen LogP contribution >= 0.6 is 0 Å². The van der Waals surface area contributed by atoms with Crippen LogP contribution in [0.1, 0.15) is 30.9 Å². The summed E-state index contributed by atoms with van der Waals surface area (Å²) in [5.41, 5.74) is 2.90. The number of carbonyl (C=O) groups is 2. The minimum atomic E-state index is -0.782. The normalized spacial score (nSPS) is 18.2. The molecule has 0 saturated carbocycles. The van der Waals surface area contributed by atoms with Crippen molar-refractivity contribution in [1.82, 2.24) is 19.4 Å². The SMILES string of the molecule is CCCC1=NC2(Cc3ccc(NC(=O)Cn4c(=O)n(-c5ccccn5)c5ccccc54)cc3C2)C(=O)N1. The Bertz CT molecular complexity index is 1630. The molecule has 0 radical (unpaired) electrons. The highest BCUT2D eigenvalue weighted by molar-refractivity contribution is 6.09. The lowest BCUT2D eigenvalue weighted by atomic mass is 9.97. The smallest absolute Gasteiger partial charge is 0.325 e. The number of pyridine rings is 1. The number of carbonyl (C=O) groups excluding carboxylic acids is 2. The summed E-state index contributed by atoms with van der Waals surface area (Å²) in [6.45, 7) is 1.91. The van der Waals surface area contributed by atoms with Crippen molar-refractivity contribution >= 4 is 34.4 Å². The first-order chi connectivity index (χ1) is 18.0. The van der Waals surface area contributed by atoms with Gasteiger partial charge in [0.25, 0.3) is 5.91 Å². The maximum absolute atomic E-state index is 13.3. The second kappa shape index (κ2) is 8.85. The molecular weight excluding hydrogens is 468 g/mol. The summed E-state index contributed by atoms with van der Waals surface area (Å²) in [6.07, 6.45) is 4.35. The predicted molar refractivity (Wildman–Crippen MR) is 141 cm³/mol. The van der Waals surface area contributed by atoms with E-state index < -0.39 is 5.54 Å². The zero-order valence-electron chi connectivity index (χ0n) is 20.4. The summed E-state index contributed by atoms with van der Waals surface area (Å²) in [5.74, 6) is 0.877. The van der Waals surface area contributed by atoms with E-state index in [0.717, 1.165) is 29.8 Å². The molecule has 6 rings (SSSR count). The topological polar surface area (TPSA) is 110 Å². The van der Waals surface area contributed by atoms with Gasteiger partial charge in [-0.2, -0.15) is 0 Å². The number of hydrogen-bond donors (Lipinski definition) is 2. The number of aromatic nitrogens is 3. The molecule has 1 atom stereocenters. The molecular formula is C28H26N6O3. The predicted octanol–water partition coefficient (Wildman–Crippen LogP) is 2.99. The van der Waals surface area contributed by atoms with Crippen molar-refractivity contribution in [1.29, 1.82) is 0 Å². The van der Waals surface area contributed by atoms with Crippen LogP contribution < -0.4 is 16.3 Å². The Labute approximate surface area is 212 Å². The molecule has 4 aromatic rings. The number of aliphatic imine (C=N–C) groups is 1. The molecule has 0 fully saturated rings. The Morgan fingerprint density at radius 1 is 1.03 bits per heavy atom. The highest BCUT2D eigenvalue weighted by Crippen LogP contribution is 2.37. The van der Waals surface area contributed by atoms with Crippen molar-refractivity contribution in [3.63, 3.8) is 0 Å². The number of nitrogens with zero attached hydrogens (tertiary/aromatic N) is 4. The molecule has 2 aliphatic rings. The van der Waals surface area contributed by atoms with E-state index in [4.69, 9.17) is 4.99 Å². The number of benzene rings is 2. The third-order valence-corrected chi connectivity index (χ3v) is 6.99. The van der Waals surface area contributed by atoms with Gasteiger partial charge >= 0.3 is 5.69 Å². The molecule has 37 heavy (non-hydrogen) atoms. The zero-order chi connectivity index (χ0) is 25.6. The summed E-state index contributed by atoms with van der Waals surface area (Å²) < 4.78 is 2.96. The average molecular weight is 495 g/mol. The molecule has 3 heterocycles. The van der Waals surface area contributed by atoms with Gasteiger partial charge in [0.2, 0.25) is 5.91 Å². The molecule has 2 N–H and O–H groups in total. The minimum absolute atomic E-state index is 0.0543. The van der Waals surface area contributed by atoms with Crippen molar-refractivity contribution in [3.8, 4) is 5.82 Å². The van der Waals surface area contributed by atoms with Crippen molar-refractivity contribution in [2.24, 2.45) is 4.99 Å². The second-order valence-corrected chi connectivity index (χ2v) is 9.56. The van der Waals surface area contributed by atoms with Crippen molar-refractivity contribution in [3.05, 3.63) is 88.5 Å². The average Bonchev–Trinajstić information content (AvgIpc) is 3.50. The molecule has 2 aromatic carbocycles. The van der Waals surface area contributed by atoms with E-state index in [1.807, 2.05) is 48.5 Å². The number of imidazole rings is 1. The maximum atomic E-state index is 13.3. The number of rotatable bonds is 6. The van der Waals surface area contributed by atoms with Crippen LogP contribution in [0.5, 0.6) is 0 Å². The second-order valence-electron chi connectivity index (χ2n) is 9.56. The van der Waals surface area contributed by atoms with Crippen molar-refractivity contribution in [2.45, 2.75) is 44.7 Å². The van der Waals surface area contributed by atoms with Crippen LogP contribution in [0.2, 0.25) is 0 Å². The summed E-state index contributed by atoms with van der Waals surface area (Å²) in [7, 11) is 0. The lowest BCUT2D eigenvalue weighted by molar-refractivity contribution is -0.123. The van der Waals surface area contributed by atoms with Crippen molar-refractivity contribution in [2.75, 3.05) is 5.32 Å². The lowest BCUT2D eigenvalue weighted by Gasteiger charge is -2.15. The standard InChI is InChI=1S/C28H26N6O3/c1-2-7-23-31-26(36)28(32-23)15-18-11-12-20(14-19(18)16-28)30-25(35)17-33-21-8-3-4-9-22(21)34(27(33)37)24-10-5-6-13-29-24/h3-6,8-14H,2,7,15-17H2,1H3,(H,30,35)(H,31,32,36). The fraction of sp³-hybridized carbons (Fsp3) is 0.250. The van der Waals surface area contributed by atoms with E-state index in [-0.39, 0.29) is 24.0 Å². The molecule has 1 aliphatic heterocycles. The fourth-order valence-electron chi connectivity index (χ4n) is 5.33. The van der Waals surface area contributed by atoms with E-state index in [2.05, 4.69) is 22.5 Å². The van der Waals surface area contributed by atoms with Crippen LogP contribution in [0.4, 0.5) is 5.69 Å². The van der Waals surface area contributed by atoms with E-state index in [9.17, 15) is 14.4 Å². The highest BCUT2D eigenvalue weighted by Gasteiger charge is 2.47. The van der Waals surface area contributed by atoms with E-state index >= 15 is 0 Å². The van der Waals surface area contributed by atoms with Gasteiger partial charge in [-0.3, -0.25) is 19.1 Å². The Kier molecular flexibility index (Phi) is 5.48. The third-order valence-electron chi connectivity index (χ3n) is 6.99. The Morgan fingerprint density at radius 2 is 1.81 bits per heavy atom. The van der Waals surface area contributed by atoms with Gasteiger partial charge in [-0.25, -0.2) is 14.3 Å². The van der Waals surface area contributed by atoms with Gasteiger partial charge in [0.05, 0.1) is 11.0 Å². The number of amides is 2. The zero-order valence-corrected chi connectivity index (χ0v) is 20.4. The minimum Gasteiger partial charge on any atom is -0.325 e. The lowest BCUT2D eigenvalue weighted by Crippen LogP contribution is -2.40. The first kappa shape index (κ1) is 22.9. The molecule has 0 bridgehead atoms. The van der Waals surface area contributed by atoms with Crippen LogP contribution in [-0.2, 0) is 29.0 Å². The molecule has 9 nitrogen and oxygen atoms in total. The quantitative estimate of drug-likeness (QED) is 0.429. The van der Waals surface area contributed by atoms with Crippen LogP contribution in [0.15, 0.2) is 76.6 Å². The van der Waals surface area contributed by atoms with Gasteiger partial charge in [0.1, 0.15) is 23.7 Å². The maximum Gasteiger partial charge on any atom is 0.335 e. The van der Waals surface area contributed by atoms with Gasteiger partial charge in [0.15, 0.2) is 0 Å². The summed E-state index contributed by atoms with van der Waals surface area (Å²) in [6, 6.07) is 18.4.